The minimum absolute atomic E-state index is 0.175. The molecular weight excluding hydrogens is 536 g/mol. The molecule has 43 heavy (non-hydrogen) atoms. The molecular formula is C35H26N6O2. The lowest BCUT2D eigenvalue weighted by Crippen LogP contribution is -2.11. The van der Waals surface area contributed by atoms with Gasteiger partial charge in [-0.05, 0) is 59.2 Å². The molecule has 208 valence electrons. The summed E-state index contributed by atoms with van der Waals surface area (Å²) in [5.41, 5.74) is 8.41. The van der Waals surface area contributed by atoms with Gasteiger partial charge in [0.15, 0.2) is 11.4 Å². The summed E-state index contributed by atoms with van der Waals surface area (Å²) in [7, 11) is 0. The monoisotopic (exact) mass is 562 g/mol. The van der Waals surface area contributed by atoms with Gasteiger partial charge in [-0.25, -0.2) is 4.98 Å². The molecule has 8 nitrogen and oxygen atoms in total. The van der Waals surface area contributed by atoms with Gasteiger partial charge in [-0.2, -0.15) is 5.26 Å². The second-order valence-electron chi connectivity index (χ2n) is 10.3. The Labute approximate surface area is 248 Å². The first-order valence-electron chi connectivity index (χ1n) is 14.0. The van der Waals surface area contributed by atoms with Crippen molar-refractivity contribution >= 4 is 33.9 Å². The predicted octanol–water partition coefficient (Wildman–Crippen LogP) is 6.95. The van der Waals surface area contributed by atoms with Crippen LogP contribution in [0.5, 0.6) is 5.75 Å². The Morgan fingerprint density at radius 1 is 0.837 bits per heavy atom. The summed E-state index contributed by atoms with van der Waals surface area (Å²) in [5.74, 6) is 0.284. The number of carbonyl (C=O) groups excluding carboxylic acids is 1. The maximum Gasteiger partial charge on any atom is 0.257 e. The van der Waals surface area contributed by atoms with Crippen molar-refractivity contribution in [3.63, 3.8) is 0 Å². The standard InChI is InChI=1S/C35H26N6O2/c36-19-32-34(7-4-14-38-32)43-16-13-23-8-11-29-31(17-23)40-35(42)27-10-9-25(18-30(27)39-29)28-22-41(21-24-5-2-1-3-6-24)33-20-37-15-12-26(28)33/h1-12,14-15,17-18,20,22,39H,13,16,21H2,(H,40,42). The lowest BCUT2D eigenvalue weighted by atomic mass is 10.0. The van der Waals surface area contributed by atoms with Gasteiger partial charge >= 0.3 is 0 Å². The van der Waals surface area contributed by atoms with E-state index in [1.165, 1.54) is 5.56 Å². The number of amides is 1. The molecule has 1 aliphatic rings. The number of nitriles is 1. The van der Waals surface area contributed by atoms with Crippen LogP contribution in [0.25, 0.3) is 22.0 Å². The SMILES string of the molecule is N#Cc1ncccc1OCCc1ccc2c(c1)NC(=O)c1ccc(-c3cn(Cc4ccccc4)c4cnccc34)cc1N2. The van der Waals surface area contributed by atoms with Crippen LogP contribution < -0.4 is 15.4 Å². The quantitative estimate of drug-likeness (QED) is 0.218. The van der Waals surface area contributed by atoms with Crippen molar-refractivity contribution in [2.45, 2.75) is 13.0 Å². The van der Waals surface area contributed by atoms with Crippen LogP contribution in [-0.4, -0.2) is 27.0 Å². The molecule has 0 unspecified atom stereocenters. The lowest BCUT2D eigenvalue weighted by Gasteiger charge is -2.12. The van der Waals surface area contributed by atoms with Gasteiger partial charge in [0.2, 0.25) is 0 Å². The molecule has 0 saturated carbocycles. The Bertz CT molecular complexity index is 2030. The summed E-state index contributed by atoms with van der Waals surface area (Å²) >= 11 is 0. The molecule has 0 bridgehead atoms. The Hall–Kier alpha value is -5.94. The number of nitrogens with one attached hydrogen (secondary N) is 2. The van der Waals surface area contributed by atoms with Gasteiger partial charge in [0.25, 0.3) is 5.91 Å². The molecule has 0 spiro atoms. The lowest BCUT2D eigenvalue weighted by molar-refractivity contribution is 0.102. The van der Waals surface area contributed by atoms with Crippen molar-refractivity contribution in [2.75, 3.05) is 17.2 Å². The van der Waals surface area contributed by atoms with Crippen LogP contribution in [0.2, 0.25) is 0 Å². The van der Waals surface area contributed by atoms with Crippen LogP contribution in [0.1, 0.15) is 27.2 Å². The van der Waals surface area contributed by atoms with E-state index in [-0.39, 0.29) is 11.6 Å². The number of hydrogen-bond donors (Lipinski definition) is 2. The zero-order chi connectivity index (χ0) is 29.2. The van der Waals surface area contributed by atoms with E-state index < -0.39 is 0 Å². The van der Waals surface area contributed by atoms with Crippen molar-refractivity contribution in [1.82, 2.24) is 14.5 Å². The van der Waals surface area contributed by atoms with Gasteiger partial charge in [-0.15, -0.1) is 0 Å². The van der Waals surface area contributed by atoms with Crippen molar-refractivity contribution in [3.05, 3.63) is 132 Å². The number of benzene rings is 3. The average Bonchev–Trinajstić information content (AvgIpc) is 3.33. The second-order valence-corrected chi connectivity index (χ2v) is 10.3. The highest BCUT2D eigenvalue weighted by atomic mass is 16.5. The maximum atomic E-state index is 13.3. The zero-order valence-electron chi connectivity index (χ0n) is 23.1. The molecule has 2 N–H and O–H groups in total. The summed E-state index contributed by atoms with van der Waals surface area (Å²) in [6, 6.07) is 29.7. The number of fused-ring (bicyclic) bond motifs is 3. The topological polar surface area (TPSA) is 105 Å². The summed E-state index contributed by atoms with van der Waals surface area (Å²) in [6.45, 7) is 1.11. The van der Waals surface area contributed by atoms with E-state index >= 15 is 0 Å². The number of rotatable bonds is 7. The Balaban J connectivity index is 1.15. The fourth-order valence-electron chi connectivity index (χ4n) is 5.46. The van der Waals surface area contributed by atoms with Crippen LogP contribution in [0.4, 0.5) is 17.1 Å². The smallest absolute Gasteiger partial charge is 0.257 e. The number of aromatic nitrogens is 3. The largest absolute Gasteiger partial charge is 0.490 e. The minimum Gasteiger partial charge on any atom is -0.490 e. The number of anilines is 3. The number of ether oxygens (including phenoxy) is 1. The number of carbonyl (C=O) groups is 1. The third kappa shape index (κ3) is 5.16. The summed E-state index contributed by atoms with van der Waals surface area (Å²) in [4.78, 5) is 21.7. The Morgan fingerprint density at radius 2 is 1.74 bits per heavy atom. The van der Waals surface area contributed by atoms with E-state index in [0.717, 1.165) is 45.5 Å². The summed E-state index contributed by atoms with van der Waals surface area (Å²) < 4.78 is 8.02. The fourth-order valence-corrected chi connectivity index (χ4v) is 5.46. The number of pyridine rings is 2. The van der Waals surface area contributed by atoms with E-state index in [2.05, 4.69) is 43.5 Å². The highest BCUT2D eigenvalue weighted by molar-refractivity contribution is 6.13. The summed E-state index contributed by atoms with van der Waals surface area (Å²) in [5, 5.41) is 16.9. The first-order chi connectivity index (χ1) is 21.2. The molecule has 0 fully saturated rings. The van der Waals surface area contributed by atoms with Gasteiger partial charge in [-0.1, -0.05) is 42.5 Å². The first kappa shape index (κ1) is 26.0. The molecule has 0 aliphatic carbocycles. The van der Waals surface area contributed by atoms with E-state index in [1.54, 1.807) is 18.3 Å². The normalized spacial score (nSPS) is 11.9. The van der Waals surface area contributed by atoms with Gasteiger partial charge in [-0.3, -0.25) is 9.78 Å². The highest BCUT2D eigenvalue weighted by Gasteiger charge is 2.21. The van der Waals surface area contributed by atoms with Crippen molar-refractivity contribution in [2.24, 2.45) is 0 Å². The molecule has 8 heteroatoms. The third-order valence-electron chi connectivity index (χ3n) is 7.58. The zero-order valence-corrected chi connectivity index (χ0v) is 23.1. The second kappa shape index (κ2) is 11.1. The molecule has 6 aromatic rings. The van der Waals surface area contributed by atoms with Crippen molar-refractivity contribution < 1.29 is 9.53 Å². The molecule has 1 amide bonds. The van der Waals surface area contributed by atoms with E-state index in [9.17, 15) is 10.1 Å². The molecule has 1 aliphatic heterocycles. The van der Waals surface area contributed by atoms with Crippen molar-refractivity contribution in [3.8, 4) is 22.9 Å². The average molecular weight is 563 g/mol. The van der Waals surface area contributed by atoms with Gasteiger partial charge in [0, 0.05) is 42.5 Å². The molecule has 7 rings (SSSR count). The van der Waals surface area contributed by atoms with Gasteiger partial charge < -0.3 is 19.9 Å². The fraction of sp³-hybridized carbons (Fsp3) is 0.0857. The maximum absolute atomic E-state index is 13.3. The van der Waals surface area contributed by atoms with E-state index in [1.807, 2.05) is 79.1 Å². The van der Waals surface area contributed by atoms with E-state index in [4.69, 9.17) is 4.74 Å². The highest BCUT2D eigenvalue weighted by Crippen LogP contribution is 2.37. The van der Waals surface area contributed by atoms with Crippen LogP contribution in [0.3, 0.4) is 0 Å². The molecule has 4 heterocycles. The molecule has 0 saturated heterocycles. The van der Waals surface area contributed by atoms with Gasteiger partial charge in [0.1, 0.15) is 6.07 Å². The van der Waals surface area contributed by atoms with Crippen molar-refractivity contribution in [1.29, 1.82) is 5.26 Å². The predicted molar refractivity (Wildman–Crippen MR) is 167 cm³/mol. The molecule has 3 aromatic heterocycles. The molecule has 0 atom stereocenters. The Morgan fingerprint density at radius 3 is 2.63 bits per heavy atom. The van der Waals surface area contributed by atoms with Crippen LogP contribution in [0, 0.1) is 11.3 Å². The summed E-state index contributed by atoms with van der Waals surface area (Å²) in [6.07, 6.45) is 8.03. The molecule has 3 aromatic carbocycles. The van der Waals surface area contributed by atoms with Gasteiger partial charge in [0.05, 0.1) is 40.9 Å². The van der Waals surface area contributed by atoms with Crippen LogP contribution >= 0.6 is 0 Å². The van der Waals surface area contributed by atoms with E-state index in [0.29, 0.717) is 30.0 Å². The first-order valence-corrected chi connectivity index (χ1v) is 14.0. The van der Waals surface area contributed by atoms with Crippen LogP contribution in [0.15, 0.2) is 110 Å². The minimum atomic E-state index is -0.175. The number of nitrogens with zero attached hydrogens (tertiary/aromatic N) is 4. The molecule has 0 radical (unpaired) electrons. The Kier molecular flexibility index (Phi) is 6.74. The number of hydrogen-bond acceptors (Lipinski definition) is 6. The third-order valence-corrected chi connectivity index (χ3v) is 7.58. The van der Waals surface area contributed by atoms with Crippen LogP contribution in [-0.2, 0) is 13.0 Å².